The van der Waals surface area contributed by atoms with E-state index in [-0.39, 0.29) is 11.8 Å². The Kier molecular flexibility index (Phi) is 2.86. The van der Waals surface area contributed by atoms with Gasteiger partial charge < -0.3 is 20.7 Å². The topological polar surface area (TPSA) is 107 Å². The summed E-state index contributed by atoms with van der Waals surface area (Å²) in [5, 5.41) is 13.8. The lowest BCUT2D eigenvalue weighted by Crippen LogP contribution is -2.63. The quantitative estimate of drug-likeness (QED) is 0.473. The summed E-state index contributed by atoms with van der Waals surface area (Å²) in [5.41, 5.74) is 0.767. The number of hydrogen-bond acceptors (Lipinski definition) is 4. The number of aromatic nitrogens is 2. The molecule has 4 N–H and O–H groups in total. The first-order valence-electron chi connectivity index (χ1n) is 4.89. The Morgan fingerprint density at radius 1 is 1.25 bits per heavy atom. The standard InChI is InChI=1S/C9H12N4O3/c14-3-7-9(16)12-6(8(15)13-7)1-5-2-10-4-11-5/h2,4,6-7,14H,1,3H2,(H,10,11)(H,12,16)(H,13,15). The van der Waals surface area contributed by atoms with E-state index >= 15 is 0 Å². The average molecular weight is 224 g/mol. The van der Waals surface area contributed by atoms with Crippen LogP contribution in [0.5, 0.6) is 0 Å². The molecule has 2 rings (SSSR count). The maximum absolute atomic E-state index is 11.6. The normalized spacial score (nSPS) is 25.1. The maximum Gasteiger partial charge on any atom is 0.245 e. The lowest BCUT2D eigenvalue weighted by Gasteiger charge is -2.28. The van der Waals surface area contributed by atoms with Gasteiger partial charge in [0.25, 0.3) is 0 Å². The zero-order chi connectivity index (χ0) is 11.5. The number of imidazole rings is 1. The van der Waals surface area contributed by atoms with Crippen molar-refractivity contribution in [2.45, 2.75) is 18.5 Å². The molecule has 2 unspecified atom stereocenters. The minimum absolute atomic E-state index is 0.298. The second kappa shape index (κ2) is 4.31. The monoisotopic (exact) mass is 224 g/mol. The Morgan fingerprint density at radius 2 is 1.94 bits per heavy atom. The van der Waals surface area contributed by atoms with Gasteiger partial charge in [-0.3, -0.25) is 9.59 Å². The van der Waals surface area contributed by atoms with Crippen LogP contribution in [0.2, 0.25) is 0 Å². The number of nitrogens with one attached hydrogen (secondary N) is 3. The third-order valence-corrected chi connectivity index (χ3v) is 2.43. The Hall–Kier alpha value is -1.89. The summed E-state index contributed by atoms with van der Waals surface area (Å²) in [6.45, 7) is -0.394. The number of nitrogens with zero attached hydrogens (tertiary/aromatic N) is 1. The molecule has 1 aromatic heterocycles. The van der Waals surface area contributed by atoms with E-state index in [1.54, 1.807) is 6.20 Å². The van der Waals surface area contributed by atoms with E-state index in [0.717, 1.165) is 5.69 Å². The number of rotatable bonds is 3. The Labute approximate surface area is 91.3 Å². The molecule has 2 heterocycles. The van der Waals surface area contributed by atoms with Crippen molar-refractivity contribution in [1.29, 1.82) is 0 Å². The summed E-state index contributed by atoms with van der Waals surface area (Å²) < 4.78 is 0. The van der Waals surface area contributed by atoms with Gasteiger partial charge in [0.1, 0.15) is 12.1 Å². The van der Waals surface area contributed by atoms with Crippen molar-refractivity contribution in [3.05, 3.63) is 18.2 Å². The molecule has 7 nitrogen and oxygen atoms in total. The highest BCUT2D eigenvalue weighted by Gasteiger charge is 2.33. The molecule has 1 fully saturated rings. The molecule has 0 spiro atoms. The van der Waals surface area contributed by atoms with Crippen LogP contribution in [0.3, 0.4) is 0 Å². The van der Waals surface area contributed by atoms with Crippen molar-refractivity contribution in [3.63, 3.8) is 0 Å². The molecule has 0 bridgehead atoms. The zero-order valence-corrected chi connectivity index (χ0v) is 8.43. The molecule has 2 atom stereocenters. The summed E-state index contributed by atoms with van der Waals surface area (Å²) in [7, 11) is 0. The molecule has 0 aliphatic carbocycles. The molecule has 0 radical (unpaired) electrons. The summed E-state index contributed by atoms with van der Waals surface area (Å²) >= 11 is 0. The van der Waals surface area contributed by atoms with Crippen LogP contribution in [0.1, 0.15) is 5.69 Å². The van der Waals surface area contributed by atoms with Crippen LogP contribution in [-0.2, 0) is 16.0 Å². The van der Waals surface area contributed by atoms with Crippen molar-refractivity contribution in [1.82, 2.24) is 20.6 Å². The molecular weight excluding hydrogens is 212 g/mol. The number of carbonyl (C=O) groups is 2. The van der Waals surface area contributed by atoms with Gasteiger partial charge in [0.15, 0.2) is 0 Å². The van der Waals surface area contributed by atoms with E-state index in [1.807, 2.05) is 0 Å². The van der Waals surface area contributed by atoms with Crippen LogP contribution < -0.4 is 10.6 Å². The van der Waals surface area contributed by atoms with Gasteiger partial charge in [-0.2, -0.15) is 0 Å². The van der Waals surface area contributed by atoms with Crippen LogP contribution in [0, 0.1) is 0 Å². The van der Waals surface area contributed by atoms with E-state index < -0.39 is 18.7 Å². The summed E-state index contributed by atoms with van der Waals surface area (Å²) in [6.07, 6.45) is 3.46. The van der Waals surface area contributed by atoms with E-state index in [2.05, 4.69) is 20.6 Å². The molecule has 1 saturated heterocycles. The number of aromatic amines is 1. The van der Waals surface area contributed by atoms with Gasteiger partial charge >= 0.3 is 0 Å². The highest BCUT2D eigenvalue weighted by Crippen LogP contribution is 2.03. The zero-order valence-electron chi connectivity index (χ0n) is 8.43. The van der Waals surface area contributed by atoms with Gasteiger partial charge in [0.05, 0.1) is 12.9 Å². The Morgan fingerprint density at radius 3 is 2.56 bits per heavy atom. The average Bonchev–Trinajstić information content (AvgIpc) is 2.75. The Bertz CT molecular complexity index is 389. The van der Waals surface area contributed by atoms with Crippen molar-refractivity contribution in [2.75, 3.05) is 6.61 Å². The summed E-state index contributed by atoms with van der Waals surface area (Å²) in [6, 6.07) is -1.46. The molecule has 1 aliphatic rings. The molecule has 0 saturated carbocycles. The third kappa shape index (κ3) is 2.03. The molecule has 1 aromatic rings. The number of amides is 2. The van der Waals surface area contributed by atoms with Crippen molar-refractivity contribution in [2.24, 2.45) is 0 Å². The number of H-pyrrole nitrogens is 1. The van der Waals surface area contributed by atoms with E-state index in [9.17, 15) is 9.59 Å². The molecular formula is C9H12N4O3. The summed E-state index contributed by atoms with van der Waals surface area (Å²) in [5.74, 6) is -0.667. The largest absolute Gasteiger partial charge is 0.394 e. The first-order chi connectivity index (χ1) is 7.70. The number of hydrogen-bond donors (Lipinski definition) is 4. The van der Waals surface area contributed by atoms with E-state index in [1.165, 1.54) is 6.33 Å². The van der Waals surface area contributed by atoms with Crippen LogP contribution >= 0.6 is 0 Å². The third-order valence-electron chi connectivity index (χ3n) is 2.43. The van der Waals surface area contributed by atoms with Crippen LogP contribution in [-0.4, -0.2) is 45.6 Å². The Balaban J connectivity index is 2.02. The molecule has 0 aromatic carbocycles. The van der Waals surface area contributed by atoms with Gasteiger partial charge in [-0.1, -0.05) is 0 Å². The number of aliphatic hydroxyl groups excluding tert-OH is 1. The second-order valence-corrected chi connectivity index (χ2v) is 3.59. The molecule has 7 heteroatoms. The van der Waals surface area contributed by atoms with Crippen molar-refractivity contribution in [3.8, 4) is 0 Å². The van der Waals surface area contributed by atoms with Gasteiger partial charge in [-0.15, -0.1) is 0 Å². The predicted octanol–water partition coefficient (Wildman–Crippen LogP) is -2.07. The molecule has 16 heavy (non-hydrogen) atoms. The van der Waals surface area contributed by atoms with Gasteiger partial charge in [-0.05, 0) is 0 Å². The lowest BCUT2D eigenvalue weighted by atomic mass is 10.1. The maximum atomic E-state index is 11.6. The minimum Gasteiger partial charge on any atom is -0.394 e. The predicted molar refractivity (Wildman–Crippen MR) is 53.2 cm³/mol. The minimum atomic E-state index is -0.842. The fraction of sp³-hybridized carbons (Fsp3) is 0.444. The van der Waals surface area contributed by atoms with Crippen LogP contribution in [0.25, 0.3) is 0 Å². The number of carbonyl (C=O) groups excluding carboxylic acids is 2. The highest BCUT2D eigenvalue weighted by molar-refractivity contribution is 5.97. The fourth-order valence-electron chi connectivity index (χ4n) is 1.56. The SMILES string of the molecule is O=C1NC(Cc2cnc[nH]2)C(=O)NC1CO. The van der Waals surface area contributed by atoms with Crippen LogP contribution in [0.15, 0.2) is 12.5 Å². The number of aliphatic hydroxyl groups is 1. The first-order valence-corrected chi connectivity index (χ1v) is 4.89. The molecule has 2 amide bonds. The van der Waals surface area contributed by atoms with Crippen LogP contribution in [0.4, 0.5) is 0 Å². The fourth-order valence-corrected chi connectivity index (χ4v) is 1.56. The van der Waals surface area contributed by atoms with E-state index in [4.69, 9.17) is 5.11 Å². The first kappa shape index (κ1) is 10.6. The van der Waals surface area contributed by atoms with Crippen molar-refractivity contribution >= 4 is 11.8 Å². The summed E-state index contributed by atoms with van der Waals surface area (Å²) in [4.78, 5) is 29.6. The molecule has 1 aliphatic heterocycles. The van der Waals surface area contributed by atoms with Crippen molar-refractivity contribution < 1.29 is 14.7 Å². The highest BCUT2D eigenvalue weighted by atomic mass is 16.3. The van der Waals surface area contributed by atoms with Gasteiger partial charge in [-0.25, -0.2) is 4.98 Å². The van der Waals surface area contributed by atoms with Gasteiger partial charge in [0, 0.05) is 18.3 Å². The van der Waals surface area contributed by atoms with Gasteiger partial charge in [0.2, 0.25) is 11.8 Å². The number of piperazine rings is 1. The van der Waals surface area contributed by atoms with E-state index in [0.29, 0.717) is 6.42 Å². The smallest absolute Gasteiger partial charge is 0.245 e. The lowest BCUT2D eigenvalue weighted by molar-refractivity contribution is -0.137. The molecule has 86 valence electrons. The second-order valence-electron chi connectivity index (χ2n) is 3.59.